The monoisotopic (exact) mass is 1440 g/mol. The van der Waals surface area contributed by atoms with Crippen LogP contribution < -0.4 is 15.5 Å². The highest BCUT2D eigenvalue weighted by Crippen LogP contribution is 2.51. The molecule has 12 fully saturated rings. The van der Waals surface area contributed by atoms with E-state index in [-0.39, 0.29) is 64.2 Å². The van der Waals surface area contributed by atoms with Crippen molar-refractivity contribution in [3.63, 3.8) is 0 Å². The summed E-state index contributed by atoms with van der Waals surface area (Å²) in [6.45, 7) is 8.45. The highest BCUT2D eigenvalue weighted by Gasteiger charge is 2.55. The molecular weight excluding hydrogens is 1330 g/mol. The maximum Gasteiger partial charge on any atom is 0.226 e. The molecule has 14 aliphatic rings. The van der Waals surface area contributed by atoms with Gasteiger partial charge in [-0.05, 0) is 97.7 Å². The lowest BCUT2D eigenvalue weighted by molar-refractivity contribution is -0.436. The third-order valence-electron chi connectivity index (χ3n) is 21.5. The Kier molecular flexibility index (Phi) is 25.5. The van der Waals surface area contributed by atoms with Gasteiger partial charge in [0.05, 0.1) is 50.5 Å². The van der Waals surface area contributed by atoms with Gasteiger partial charge in [0.2, 0.25) is 17.5 Å². The van der Waals surface area contributed by atoms with Crippen LogP contribution in [-0.2, 0) is 67.8 Å². The van der Waals surface area contributed by atoms with Crippen molar-refractivity contribution in [2.75, 3.05) is 83.9 Å². The average Bonchev–Trinajstić information content (AvgIpc) is 1.58. The number of carbonyl (C=O) groups excluding carboxylic acids is 2. The van der Waals surface area contributed by atoms with E-state index in [1.54, 1.807) is 0 Å². The predicted octanol–water partition coefficient (Wildman–Crippen LogP) is 2.53. The first-order valence-electron chi connectivity index (χ1n) is 36.4. The molecule has 20 atom stereocenters. The Morgan fingerprint density at radius 2 is 1.07 bits per heavy atom. The maximum atomic E-state index is 13.8. The molecule has 4 aromatic carbocycles. The summed E-state index contributed by atoms with van der Waals surface area (Å²) in [7, 11) is 0. The largest absolute Gasteiger partial charge is 0.394 e. The van der Waals surface area contributed by atoms with Crippen molar-refractivity contribution in [2.24, 2.45) is 0 Å². The number of nitrogens with zero attached hydrogens (tertiary/aromatic N) is 2. The normalized spacial score (nSPS) is 34.1. The Labute approximate surface area is 599 Å². The fourth-order valence-corrected chi connectivity index (χ4v) is 16.2. The van der Waals surface area contributed by atoms with Crippen LogP contribution in [0.4, 0.5) is 11.4 Å². The molecule has 14 aliphatic heterocycles. The lowest BCUT2D eigenvalue weighted by Crippen LogP contribution is -2.65. The molecule has 0 radical (unpaired) electrons. The van der Waals surface area contributed by atoms with Gasteiger partial charge < -0.3 is 114 Å². The number of fused-ring (bicyclic) bond motifs is 6. The van der Waals surface area contributed by atoms with Gasteiger partial charge in [-0.15, -0.1) is 0 Å². The van der Waals surface area contributed by atoms with Crippen LogP contribution in [0.1, 0.15) is 90.2 Å². The van der Waals surface area contributed by atoms with E-state index in [2.05, 4.69) is 108 Å². The molecule has 12 saturated heterocycles. The summed E-state index contributed by atoms with van der Waals surface area (Å²) >= 11 is 0. The van der Waals surface area contributed by atoms with E-state index in [0.717, 1.165) is 49.9 Å². The van der Waals surface area contributed by atoms with Crippen LogP contribution in [0.15, 0.2) is 121 Å². The van der Waals surface area contributed by atoms with Gasteiger partial charge in [0.15, 0.2) is 24.8 Å². The summed E-state index contributed by atoms with van der Waals surface area (Å²) in [4.78, 5) is 29.7. The van der Waals surface area contributed by atoms with Crippen LogP contribution >= 0.6 is 0 Å². The number of hydrogen-bond donors (Lipinski definition) is 12. The Morgan fingerprint density at radius 3 is 1.74 bits per heavy atom. The highest BCUT2D eigenvalue weighted by atomic mass is 16.7. The third-order valence-corrected chi connectivity index (χ3v) is 21.5. The number of nitrogens with one attached hydrogen (secondary N) is 2. The van der Waals surface area contributed by atoms with Crippen LogP contribution in [0, 0.1) is 0 Å². The number of aliphatic hydroxyl groups is 10. The second kappa shape index (κ2) is 34.3. The van der Waals surface area contributed by atoms with Crippen LogP contribution in [0.25, 0.3) is 21.5 Å². The van der Waals surface area contributed by atoms with E-state index >= 15 is 0 Å². The van der Waals surface area contributed by atoms with Crippen molar-refractivity contribution in [1.82, 2.24) is 10.6 Å². The minimum atomic E-state index is -1.59. The van der Waals surface area contributed by atoms with E-state index in [1.807, 2.05) is 54.6 Å². The first kappa shape index (κ1) is 76.6. The Balaban J connectivity index is 0.673. The van der Waals surface area contributed by atoms with Gasteiger partial charge in [-0.3, -0.25) is 9.59 Å². The number of amides is 2. The van der Waals surface area contributed by atoms with E-state index in [0.29, 0.717) is 51.6 Å². The van der Waals surface area contributed by atoms with Crippen molar-refractivity contribution in [2.45, 2.75) is 212 Å². The molecule has 8 bridgehead atoms. The number of allylic oxidation sites excluding steroid dienone is 8. The molecule has 2 amide bonds. The topological polar surface area (TPSA) is 359 Å². The van der Waals surface area contributed by atoms with Gasteiger partial charge in [0.1, 0.15) is 97.7 Å². The smallest absolute Gasteiger partial charge is 0.226 e. The van der Waals surface area contributed by atoms with Gasteiger partial charge in [0, 0.05) is 87.0 Å². The van der Waals surface area contributed by atoms with Crippen LogP contribution in [-0.4, -0.2) is 275 Å². The number of rotatable bonds is 24. The molecule has 14 heterocycles. The van der Waals surface area contributed by atoms with E-state index in [1.165, 1.54) is 5.56 Å². The molecule has 562 valence electrons. The average molecular weight is 1440 g/mol. The van der Waals surface area contributed by atoms with Crippen molar-refractivity contribution < 1.29 is 113 Å². The number of ether oxygens (including phenoxy) is 10. The molecule has 26 heteroatoms. The fourth-order valence-electron chi connectivity index (χ4n) is 16.2. The number of carbonyl (C=O) groups is 2. The molecular formula is C77H103N4O22+. The summed E-state index contributed by atoms with van der Waals surface area (Å²) in [6, 6.07) is 25.1. The van der Waals surface area contributed by atoms with E-state index < -0.39 is 160 Å². The summed E-state index contributed by atoms with van der Waals surface area (Å²) in [5, 5.41) is 119. The summed E-state index contributed by atoms with van der Waals surface area (Å²) in [6.07, 6.45) is -6.76. The van der Waals surface area contributed by atoms with E-state index in [9.17, 15) is 60.7 Å². The fraction of sp³-hybridized carbons (Fsp3) is 0.597. The molecule has 103 heavy (non-hydrogen) atoms. The molecule has 0 aliphatic carbocycles. The summed E-state index contributed by atoms with van der Waals surface area (Å²) < 4.78 is 62.8. The first-order chi connectivity index (χ1) is 49.8. The summed E-state index contributed by atoms with van der Waals surface area (Å²) in [5.74, 6) is -0.334. The zero-order chi connectivity index (χ0) is 72.7. The van der Waals surface area contributed by atoms with Crippen molar-refractivity contribution in [1.29, 1.82) is 0 Å². The molecule has 0 saturated carbocycles. The predicted molar refractivity (Wildman–Crippen MR) is 377 cm³/mol. The van der Waals surface area contributed by atoms with Crippen LogP contribution in [0.3, 0.4) is 0 Å². The molecule has 0 aromatic heterocycles. The second-order valence-electron chi connectivity index (χ2n) is 28.9. The van der Waals surface area contributed by atoms with Crippen molar-refractivity contribution >= 4 is 50.4 Å². The van der Waals surface area contributed by atoms with Gasteiger partial charge >= 0.3 is 0 Å². The Hall–Kier alpha value is -6.03. The van der Waals surface area contributed by atoms with Crippen molar-refractivity contribution in [3.8, 4) is 0 Å². The SMILES string of the molecule is CC1(C)C(/C=C/C=C/C=C/C=C2/N(CCC(=O)NCCCO[C@@H]3[C@@H](O)[C@@H]4OC5O[C@H](CO)[C@@H](OCCC[C@H]3O[C@@H]4CO)[C@H](O)[C@H]5O)c3ccc4ccccc4c3C2(C)C)=[N+](CCC(=O)NCCCO[C@H]2[C@H]3OC4[C@@H](CO)O[C@H](CCCO[C@@H]([C@@H]2O)[C@@H](CO)O3)[C@H](O)[C@H]4O)c2ccc3ccccc3c21. The van der Waals surface area contributed by atoms with Gasteiger partial charge in [-0.2, -0.15) is 4.58 Å². The number of hydrogen-bond acceptors (Lipinski definition) is 23. The second-order valence-corrected chi connectivity index (χ2v) is 28.9. The zero-order valence-electron chi connectivity index (χ0n) is 58.9. The molecule has 26 nitrogen and oxygen atoms in total. The molecule has 4 aromatic rings. The lowest BCUT2D eigenvalue weighted by atomic mass is 9.79. The molecule has 12 N–H and O–H groups in total. The van der Waals surface area contributed by atoms with Gasteiger partial charge in [0.25, 0.3) is 0 Å². The summed E-state index contributed by atoms with van der Waals surface area (Å²) in [5.41, 5.74) is 5.50. The lowest BCUT2D eigenvalue weighted by Gasteiger charge is -2.47. The number of aliphatic hydroxyl groups excluding tert-OH is 10. The zero-order valence-corrected chi connectivity index (χ0v) is 58.9. The molecule has 18 rings (SSSR count). The minimum absolute atomic E-state index is 0.0438. The standard InChI is InChI=1S/C77H102N4O22/c1-76(2)56(80(48-28-26-44-18-10-12-20-46(44)60(48)76)34-30-58(86)78-32-16-38-96-68-51-23-15-37-94-69-52(40-82)100-74(65(91)64(69)90)102-72(66(68)92)55(43-85)99-51)24-8-6-5-7-9-25-57-77(3,4)61-47-21-13-11-19-45(47)27-29-49(61)81(57)35-31-59(87)79-33-17-39-97-73-67(93)70-53(41-83)101-75(73)103-71-54(42-84)98-50(22-14-36-95-70)62(88)63(71)89/h5-13,18-21,24-29,50-55,62-75,82-85,88-93H,14-17,22-23,30-43H2,1-4H3,(H-,78,79,86,87)/p+1/t50-,51-,52-,53-,54-,55-,62+,63-,64-,65-,66-,67+,68+,69-,70-,71?,72-,73-,74?,75-/m1/s1. The third kappa shape index (κ3) is 16.3. The molecule has 0 spiro atoms. The van der Waals surface area contributed by atoms with Crippen LogP contribution in [0.2, 0.25) is 0 Å². The highest BCUT2D eigenvalue weighted by molar-refractivity contribution is 6.07. The quantitative estimate of drug-likeness (QED) is 0.0272. The Bertz CT molecular complexity index is 3710. The van der Waals surface area contributed by atoms with Gasteiger partial charge in [-0.1, -0.05) is 98.8 Å². The maximum absolute atomic E-state index is 13.8. The number of anilines is 1. The van der Waals surface area contributed by atoms with Gasteiger partial charge in [-0.25, -0.2) is 0 Å². The van der Waals surface area contributed by atoms with Crippen LogP contribution in [0.5, 0.6) is 0 Å². The molecule has 2 unspecified atom stereocenters. The van der Waals surface area contributed by atoms with Crippen molar-refractivity contribution in [3.05, 3.63) is 132 Å². The first-order valence-corrected chi connectivity index (χ1v) is 36.4. The minimum Gasteiger partial charge on any atom is -0.394 e. The number of benzene rings is 4. The van der Waals surface area contributed by atoms with E-state index in [4.69, 9.17) is 47.4 Å². The Morgan fingerprint density at radius 1 is 0.544 bits per heavy atom.